The number of aliphatic imine (C=N–C) groups is 1. The molecule has 0 bridgehead atoms. The summed E-state index contributed by atoms with van der Waals surface area (Å²) in [5.41, 5.74) is 3.98. The van der Waals surface area contributed by atoms with Crippen molar-refractivity contribution in [1.29, 1.82) is 0 Å². The molecule has 0 aliphatic carbocycles. The summed E-state index contributed by atoms with van der Waals surface area (Å²) >= 11 is 0. The zero-order valence-corrected chi connectivity index (χ0v) is 15.2. The molecule has 148 valence electrons. The normalized spacial score (nSPS) is 23.0. The molecule has 28 heavy (non-hydrogen) atoms. The highest BCUT2D eigenvalue weighted by Gasteiger charge is 2.47. The Morgan fingerprint density at radius 1 is 1.07 bits per heavy atom. The third-order valence-corrected chi connectivity index (χ3v) is 5.06. The number of guanidine groups is 1. The lowest BCUT2D eigenvalue weighted by molar-refractivity contribution is -0.137. The van der Waals surface area contributed by atoms with Crippen LogP contribution in [0.2, 0.25) is 0 Å². The minimum absolute atomic E-state index is 0.00156. The Bertz CT molecular complexity index is 929. The molecule has 2 aromatic rings. The zero-order valence-electron chi connectivity index (χ0n) is 15.2. The monoisotopic (exact) mass is 395 g/mol. The molecule has 1 aliphatic heterocycles. The van der Waals surface area contributed by atoms with Crippen molar-refractivity contribution in [2.24, 2.45) is 10.7 Å². The average molecular weight is 395 g/mol. The lowest BCUT2D eigenvalue weighted by Gasteiger charge is -2.44. The fourth-order valence-corrected chi connectivity index (χ4v) is 3.61. The van der Waals surface area contributed by atoms with Crippen molar-refractivity contribution < 1.29 is 22.0 Å². The molecule has 0 saturated carbocycles. The third-order valence-electron chi connectivity index (χ3n) is 5.06. The van der Waals surface area contributed by atoms with Crippen molar-refractivity contribution in [2.45, 2.75) is 24.6 Å². The van der Waals surface area contributed by atoms with Gasteiger partial charge in [-0.25, -0.2) is 13.8 Å². The maximum Gasteiger partial charge on any atom is 0.416 e. The molecule has 1 aliphatic rings. The summed E-state index contributed by atoms with van der Waals surface area (Å²) in [5.74, 6) is -2.49. The second-order valence-electron chi connectivity index (χ2n) is 6.82. The first-order valence-electron chi connectivity index (χ1n) is 8.36. The van der Waals surface area contributed by atoms with Crippen LogP contribution >= 0.6 is 0 Å². The number of likely N-dealkylation sites (N-methyl/N-ethyl adjacent to an activating group) is 1. The van der Waals surface area contributed by atoms with E-state index in [0.717, 1.165) is 24.3 Å². The standard InChI is InChI=1S/C20H18F5N3/c1-11-16(12-7-9-13(10-8-12)20(23,24)25)19(2,27-18(26)28(11)3)17-14(21)5-4-6-15(17)22/h4-10,16H,1H2,2-3H3,(H2,26,27)/t16-,19+/m1/s1. The molecule has 2 N–H and O–H groups in total. The van der Waals surface area contributed by atoms with Crippen molar-refractivity contribution in [3.05, 3.63) is 83.1 Å². The van der Waals surface area contributed by atoms with Crippen molar-refractivity contribution in [3.8, 4) is 0 Å². The van der Waals surface area contributed by atoms with Crippen LogP contribution in [0.5, 0.6) is 0 Å². The van der Waals surface area contributed by atoms with Crippen LogP contribution < -0.4 is 5.73 Å². The molecule has 3 rings (SSSR count). The Kier molecular flexibility index (Phi) is 4.69. The number of halogens is 5. The summed E-state index contributed by atoms with van der Waals surface area (Å²) in [6, 6.07) is 7.79. The van der Waals surface area contributed by atoms with E-state index in [1.807, 2.05) is 0 Å². The second kappa shape index (κ2) is 6.61. The van der Waals surface area contributed by atoms with Gasteiger partial charge in [0.1, 0.15) is 17.2 Å². The van der Waals surface area contributed by atoms with Crippen molar-refractivity contribution in [3.63, 3.8) is 0 Å². The molecular weight excluding hydrogens is 377 g/mol. The first-order chi connectivity index (χ1) is 13.0. The molecular formula is C20H18F5N3. The maximum absolute atomic E-state index is 14.6. The van der Waals surface area contributed by atoms with Crippen molar-refractivity contribution >= 4 is 5.96 Å². The molecule has 0 amide bonds. The molecule has 0 saturated heterocycles. The molecule has 1 heterocycles. The summed E-state index contributed by atoms with van der Waals surface area (Å²) < 4.78 is 67.9. The Morgan fingerprint density at radius 2 is 1.61 bits per heavy atom. The molecule has 0 spiro atoms. The van der Waals surface area contributed by atoms with E-state index < -0.39 is 34.8 Å². The van der Waals surface area contributed by atoms with Crippen LogP contribution in [-0.4, -0.2) is 17.9 Å². The van der Waals surface area contributed by atoms with Gasteiger partial charge in [0.05, 0.1) is 17.0 Å². The van der Waals surface area contributed by atoms with Crippen LogP contribution in [0.15, 0.2) is 59.7 Å². The van der Waals surface area contributed by atoms with Gasteiger partial charge in [0.2, 0.25) is 0 Å². The van der Waals surface area contributed by atoms with Crippen molar-refractivity contribution in [2.75, 3.05) is 7.05 Å². The summed E-state index contributed by atoms with van der Waals surface area (Å²) in [4.78, 5) is 5.77. The van der Waals surface area contributed by atoms with Gasteiger partial charge in [0, 0.05) is 12.7 Å². The predicted molar refractivity (Wildman–Crippen MR) is 96.4 cm³/mol. The molecule has 2 aromatic carbocycles. The van der Waals surface area contributed by atoms with Crippen molar-refractivity contribution in [1.82, 2.24) is 4.90 Å². The highest BCUT2D eigenvalue weighted by atomic mass is 19.4. The van der Waals surface area contributed by atoms with Crippen LogP contribution in [0.1, 0.15) is 29.5 Å². The molecule has 8 heteroatoms. The molecule has 0 fully saturated rings. The van der Waals surface area contributed by atoms with E-state index in [1.54, 1.807) is 7.05 Å². The number of alkyl halides is 3. The van der Waals surface area contributed by atoms with Gasteiger partial charge < -0.3 is 10.6 Å². The smallest absolute Gasteiger partial charge is 0.370 e. The summed E-state index contributed by atoms with van der Waals surface area (Å²) in [5, 5.41) is 0. The minimum Gasteiger partial charge on any atom is -0.370 e. The van der Waals surface area contributed by atoms with Gasteiger partial charge in [-0.15, -0.1) is 0 Å². The minimum atomic E-state index is -4.50. The Morgan fingerprint density at radius 3 is 2.11 bits per heavy atom. The lowest BCUT2D eigenvalue weighted by Crippen LogP contribution is -2.47. The Labute approximate surface area is 159 Å². The second-order valence-corrected chi connectivity index (χ2v) is 6.82. The van der Waals surface area contributed by atoms with Gasteiger partial charge in [-0.1, -0.05) is 24.8 Å². The van der Waals surface area contributed by atoms with Gasteiger partial charge >= 0.3 is 6.18 Å². The van der Waals surface area contributed by atoms with Crippen LogP contribution in [-0.2, 0) is 11.7 Å². The van der Waals surface area contributed by atoms with E-state index in [4.69, 9.17) is 5.73 Å². The lowest BCUT2D eigenvalue weighted by atomic mass is 9.73. The quantitative estimate of drug-likeness (QED) is 0.746. The topological polar surface area (TPSA) is 41.6 Å². The predicted octanol–water partition coefficient (Wildman–Crippen LogP) is 4.76. The number of nitrogens with two attached hydrogens (primary N) is 1. The maximum atomic E-state index is 14.6. The van der Waals surface area contributed by atoms with E-state index in [0.29, 0.717) is 11.3 Å². The summed E-state index contributed by atoms with van der Waals surface area (Å²) in [7, 11) is 1.58. The van der Waals surface area contributed by atoms with E-state index >= 15 is 0 Å². The van der Waals surface area contributed by atoms with Gasteiger partial charge in [0.25, 0.3) is 0 Å². The molecule has 0 aromatic heterocycles. The zero-order chi connectivity index (χ0) is 20.9. The van der Waals surface area contributed by atoms with Crippen LogP contribution in [0.4, 0.5) is 22.0 Å². The summed E-state index contributed by atoms with van der Waals surface area (Å²) in [6.07, 6.45) is -4.50. The number of nitrogens with zero attached hydrogens (tertiary/aromatic N) is 2. The fraction of sp³-hybridized carbons (Fsp3) is 0.250. The van der Waals surface area contributed by atoms with Crippen LogP contribution in [0.25, 0.3) is 0 Å². The summed E-state index contributed by atoms with van der Waals surface area (Å²) in [6.45, 7) is 5.44. The van der Waals surface area contributed by atoms with Crippen LogP contribution in [0, 0.1) is 11.6 Å². The Balaban J connectivity index is 2.23. The highest BCUT2D eigenvalue weighted by molar-refractivity contribution is 5.82. The average Bonchev–Trinajstić information content (AvgIpc) is 2.59. The van der Waals surface area contributed by atoms with E-state index in [-0.39, 0.29) is 11.5 Å². The van der Waals surface area contributed by atoms with E-state index in [2.05, 4.69) is 11.6 Å². The van der Waals surface area contributed by atoms with Gasteiger partial charge in [0.15, 0.2) is 5.96 Å². The highest BCUT2D eigenvalue weighted by Crippen LogP contribution is 2.49. The van der Waals surface area contributed by atoms with Gasteiger partial charge in [-0.05, 0) is 36.8 Å². The first-order valence-corrected chi connectivity index (χ1v) is 8.36. The first kappa shape index (κ1) is 19.9. The molecule has 0 radical (unpaired) electrons. The van der Waals surface area contributed by atoms with Gasteiger partial charge in [-0.3, -0.25) is 0 Å². The van der Waals surface area contributed by atoms with Crippen LogP contribution in [0.3, 0.4) is 0 Å². The SMILES string of the molecule is C=C1[C@H](c2ccc(C(F)(F)F)cc2)[C@@](C)(c2c(F)cccc2F)N=C(N)N1C. The molecule has 2 atom stereocenters. The third kappa shape index (κ3) is 3.12. The molecule has 0 unspecified atom stereocenters. The van der Waals surface area contributed by atoms with E-state index in [1.165, 1.54) is 30.0 Å². The van der Waals surface area contributed by atoms with E-state index in [9.17, 15) is 22.0 Å². The fourth-order valence-electron chi connectivity index (χ4n) is 3.61. The number of hydrogen-bond acceptors (Lipinski definition) is 3. The van der Waals surface area contributed by atoms with Gasteiger partial charge in [-0.2, -0.15) is 13.2 Å². The Hall–Kier alpha value is -2.90. The largest absolute Gasteiger partial charge is 0.416 e. The molecule has 3 nitrogen and oxygen atoms in total. The number of hydrogen-bond donors (Lipinski definition) is 1. The number of benzene rings is 2. The number of rotatable bonds is 2.